The summed E-state index contributed by atoms with van der Waals surface area (Å²) in [6, 6.07) is 10.8. The number of benzene rings is 3. The summed E-state index contributed by atoms with van der Waals surface area (Å²) in [5, 5.41) is 16.2. The molecule has 0 saturated carbocycles. The molecule has 39 heavy (non-hydrogen) atoms. The van der Waals surface area contributed by atoms with Crippen molar-refractivity contribution in [3.05, 3.63) is 79.9 Å². The van der Waals surface area contributed by atoms with Gasteiger partial charge in [-0.05, 0) is 75.7 Å². The zero-order valence-electron chi connectivity index (χ0n) is 20.9. The number of esters is 1. The average Bonchev–Trinajstić information content (AvgIpc) is 2.93. The van der Waals surface area contributed by atoms with E-state index in [9.17, 15) is 19.5 Å². The number of methoxy groups -OCH3 is 2. The maximum Gasteiger partial charge on any atom is 0.328 e. The van der Waals surface area contributed by atoms with Crippen LogP contribution < -0.4 is 25.8 Å². The van der Waals surface area contributed by atoms with E-state index in [-0.39, 0.29) is 28.7 Å². The van der Waals surface area contributed by atoms with E-state index in [4.69, 9.17) is 31.5 Å². The summed E-state index contributed by atoms with van der Waals surface area (Å²) in [6.45, 7) is 0. The lowest BCUT2D eigenvalue weighted by atomic mass is 10.0. The Hall–Kier alpha value is -3.55. The molecule has 2 aliphatic rings. The van der Waals surface area contributed by atoms with Gasteiger partial charge < -0.3 is 35.7 Å². The second-order valence-corrected chi connectivity index (χ2v) is 10.3. The Morgan fingerprint density at radius 2 is 1.74 bits per heavy atom. The number of hydrogen-bond acceptors (Lipinski definition) is 8. The van der Waals surface area contributed by atoms with Crippen LogP contribution in [0.2, 0.25) is 5.02 Å². The number of ether oxygens (including phenoxy) is 3. The third kappa shape index (κ3) is 6.37. The molecular weight excluding hydrogens is 641 g/mol. The molecule has 3 aromatic rings. The number of rotatable bonds is 3. The van der Waals surface area contributed by atoms with Crippen molar-refractivity contribution in [3.8, 4) is 23.0 Å². The van der Waals surface area contributed by atoms with Gasteiger partial charge in [-0.25, -0.2) is 4.79 Å². The van der Waals surface area contributed by atoms with Crippen molar-refractivity contribution in [3.63, 3.8) is 0 Å². The number of carbonyl (C=O) groups is 3. The SMILES string of the molecule is COC(=O)[C@@H]1Cc2ccc(c(Cl)c2)Oc2cc(cc(I)c2O)[C@@H](N)C(=O)N[C@H](c2ccc(OC)cc2)C(=O)N1. The minimum Gasteiger partial charge on any atom is -0.504 e. The highest BCUT2D eigenvalue weighted by molar-refractivity contribution is 14.1. The summed E-state index contributed by atoms with van der Waals surface area (Å²) in [5.74, 6) is -1.36. The Labute approximate surface area is 242 Å². The smallest absolute Gasteiger partial charge is 0.328 e. The summed E-state index contributed by atoms with van der Waals surface area (Å²) in [6.07, 6.45) is 0.0415. The van der Waals surface area contributed by atoms with E-state index in [0.29, 0.717) is 26.0 Å². The Kier molecular flexibility index (Phi) is 8.83. The molecule has 5 rings (SSSR count). The van der Waals surface area contributed by atoms with Crippen LogP contribution in [0.4, 0.5) is 0 Å². The highest BCUT2D eigenvalue weighted by Crippen LogP contribution is 2.39. The molecule has 0 fully saturated rings. The van der Waals surface area contributed by atoms with E-state index < -0.39 is 35.9 Å². The van der Waals surface area contributed by atoms with E-state index in [2.05, 4.69) is 10.6 Å². The molecule has 3 atom stereocenters. The first kappa shape index (κ1) is 28.5. The molecule has 0 radical (unpaired) electrons. The lowest BCUT2D eigenvalue weighted by Crippen LogP contribution is -2.49. The number of halogens is 2. The van der Waals surface area contributed by atoms with Gasteiger partial charge in [0.2, 0.25) is 11.8 Å². The maximum atomic E-state index is 13.6. The first-order valence-corrected chi connectivity index (χ1v) is 13.1. The largest absolute Gasteiger partial charge is 0.504 e. The van der Waals surface area contributed by atoms with E-state index in [1.807, 2.05) is 22.6 Å². The first-order chi connectivity index (χ1) is 18.6. The van der Waals surface area contributed by atoms with Gasteiger partial charge in [0.05, 0.1) is 22.8 Å². The molecule has 0 saturated heterocycles. The van der Waals surface area contributed by atoms with E-state index in [1.165, 1.54) is 26.4 Å². The van der Waals surface area contributed by atoms with Gasteiger partial charge in [-0.1, -0.05) is 29.8 Å². The fourth-order valence-electron chi connectivity index (χ4n) is 4.03. The highest BCUT2D eigenvalue weighted by atomic mass is 127. The Morgan fingerprint density at radius 3 is 2.38 bits per heavy atom. The molecule has 3 aromatic carbocycles. The van der Waals surface area contributed by atoms with Crippen LogP contribution in [0.15, 0.2) is 54.6 Å². The maximum absolute atomic E-state index is 13.6. The highest BCUT2D eigenvalue weighted by Gasteiger charge is 2.31. The molecule has 2 amide bonds. The van der Waals surface area contributed by atoms with Crippen molar-refractivity contribution in [1.29, 1.82) is 0 Å². The van der Waals surface area contributed by atoms with Crippen LogP contribution in [0.5, 0.6) is 23.0 Å². The van der Waals surface area contributed by atoms with Crippen LogP contribution in [0.1, 0.15) is 28.8 Å². The zero-order valence-corrected chi connectivity index (χ0v) is 23.8. The summed E-state index contributed by atoms with van der Waals surface area (Å²) in [7, 11) is 2.71. The van der Waals surface area contributed by atoms with Crippen molar-refractivity contribution in [2.24, 2.45) is 5.73 Å². The van der Waals surface area contributed by atoms with Crippen molar-refractivity contribution in [2.45, 2.75) is 24.5 Å². The lowest BCUT2D eigenvalue weighted by Gasteiger charge is -2.25. The van der Waals surface area contributed by atoms with Gasteiger partial charge in [0.15, 0.2) is 11.5 Å². The Balaban J connectivity index is 1.83. The zero-order chi connectivity index (χ0) is 28.3. The van der Waals surface area contributed by atoms with Gasteiger partial charge in [-0.2, -0.15) is 0 Å². The number of nitrogens with two attached hydrogens (primary N) is 1. The summed E-state index contributed by atoms with van der Waals surface area (Å²) >= 11 is 8.35. The summed E-state index contributed by atoms with van der Waals surface area (Å²) in [4.78, 5) is 39.5. The number of aromatic hydroxyl groups is 1. The minimum atomic E-state index is -1.24. The predicted octanol–water partition coefficient (Wildman–Crippen LogP) is 3.52. The fourth-order valence-corrected chi connectivity index (χ4v) is 4.90. The molecule has 0 aromatic heterocycles. The van der Waals surface area contributed by atoms with E-state index in [0.717, 1.165) is 0 Å². The average molecular weight is 666 g/mol. The van der Waals surface area contributed by atoms with Crippen molar-refractivity contribution in [2.75, 3.05) is 14.2 Å². The number of carbonyl (C=O) groups excluding carboxylic acids is 3. The molecule has 5 N–H and O–H groups in total. The molecule has 2 heterocycles. The minimum absolute atomic E-state index is 0.0405. The molecule has 4 bridgehead atoms. The topological polar surface area (TPSA) is 149 Å². The predicted molar refractivity (Wildman–Crippen MR) is 151 cm³/mol. The van der Waals surface area contributed by atoms with Crippen LogP contribution in [-0.2, 0) is 25.5 Å². The number of nitrogens with one attached hydrogen (secondary N) is 2. The summed E-state index contributed by atoms with van der Waals surface area (Å²) < 4.78 is 16.4. The Bertz CT molecular complexity index is 1420. The first-order valence-electron chi connectivity index (χ1n) is 11.7. The van der Waals surface area contributed by atoms with Crippen LogP contribution in [-0.4, -0.2) is 43.2 Å². The Morgan fingerprint density at radius 1 is 1.03 bits per heavy atom. The van der Waals surface area contributed by atoms with Crippen LogP contribution in [0.3, 0.4) is 0 Å². The lowest BCUT2D eigenvalue weighted by molar-refractivity contribution is -0.145. The molecule has 204 valence electrons. The van der Waals surface area contributed by atoms with Gasteiger partial charge in [-0.3, -0.25) is 9.59 Å². The van der Waals surface area contributed by atoms with Crippen molar-refractivity contribution in [1.82, 2.24) is 10.6 Å². The molecule has 0 aliphatic carbocycles. The van der Waals surface area contributed by atoms with Crippen molar-refractivity contribution >= 4 is 52.0 Å². The number of hydrogen-bond donors (Lipinski definition) is 4. The molecule has 10 nitrogen and oxygen atoms in total. The normalized spacial score (nSPS) is 19.5. The van der Waals surface area contributed by atoms with Crippen LogP contribution in [0, 0.1) is 3.57 Å². The number of phenols is 1. The monoisotopic (exact) mass is 665 g/mol. The standard InChI is InChI=1S/C27H25ClIN3O7/c1-37-16-6-4-14(5-7-16)23-26(35)31-19(27(36)38-2)10-13-3-8-20(17(28)9-13)39-21-12-15(11-18(29)24(21)33)22(30)25(34)32-23/h3-9,11-12,19,22-23,33H,10,30H2,1-2H3,(H,31,35)(H,32,34)/t19-,22+,23+/m0/s1. The molecule has 2 aliphatic heterocycles. The second kappa shape index (κ2) is 12.1. The van der Waals surface area contributed by atoms with E-state index in [1.54, 1.807) is 42.5 Å². The molecule has 12 heteroatoms. The quantitative estimate of drug-likeness (QED) is 0.245. The van der Waals surface area contributed by atoms with Gasteiger partial charge >= 0.3 is 5.97 Å². The molecular formula is C27H25ClIN3O7. The van der Waals surface area contributed by atoms with Crippen LogP contribution in [0.25, 0.3) is 0 Å². The van der Waals surface area contributed by atoms with Crippen LogP contribution >= 0.6 is 34.2 Å². The van der Waals surface area contributed by atoms with Gasteiger partial charge in [0.1, 0.15) is 29.6 Å². The third-order valence-electron chi connectivity index (χ3n) is 6.15. The van der Waals surface area contributed by atoms with Gasteiger partial charge in [0.25, 0.3) is 0 Å². The van der Waals surface area contributed by atoms with Gasteiger partial charge in [0, 0.05) is 6.42 Å². The fraction of sp³-hybridized carbons (Fsp3) is 0.222. The third-order valence-corrected chi connectivity index (χ3v) is 7.27. The molecule has 0 spiro atoms. The summed E-state index contributed by atoms with van der Waals surface area (Å²) in [5.41, 5.74) is 7.66. The molecule has 0 unspecified atom stereocenters. The number of phenolic OH excluding ortho intramolecular Hbond substituents is 1. The number of fused-ring (bicyclic) bond motifs is 9. The van der Waals surface area contributed by atoms with Gasteiger partial charge in [-0.15, -0.1) is 0 Å². The second-order valence-electron chi connectivity index (χ2n) is 8.70. The van der Waals surface area contributed by atoms with Crippen molar-refractivity contribution < 1.29 is 33.7 Å². The van der Waals surface area contributed by atoms with E-state index >= 15 is 0 Å². The number of amides is 2.